The van der Waals surface area contributed by atoms with Crippen LogP contribution >= 0.6 is 0 Å². The van der Waals surface area contributed by atoms with Crippen LogP contribution in [-0.4, -0.2) is 12.6 Å². The molecule has 2 rings (SSSR count). The fraction of sp³-hybridized carbons (Fsp3) is 0.188. The maximum Gasteiger partial charge on any atom is 0.416 e. The minimum atomic E-state index is -4.37. The Balaban J connectivity index is 2.29. The molecule has 5 heteroatoms. The Morgan fingerprint density at radius 2 is 1.71 bits per heavy atom. The van der Waals surface area contributed by atoms with E-state index in [1.807, 2.05) is 0 Å². The molecule has 0 N–H and O–H groups in total. The minimum absolute atomic E-state index is 0.272. The largest absolute Gasteiger partial charge is 0.462 e. The fourth-order valence-electron chi connectivity index (χ4n) is 1.89. The first-order valence-electron chi connectivity index (χ1n) is 6.36. The Bertz CT molecular complexity index is 631. The molecule has 0 unspecified atom stereocenters. The van der Waals surface area contributed by atoms with Gasteiger partial charge in [-0.1, -0.05) is 24.3 Å². The average molecular weight is 294 g/mol. The summed E-state index contributed by atoms with van der Waals surface area (Å²) in [6, 6.07) is 11.3. The van der Waals surface area contributed by atoms with Crippen LogP contribution in [0.15, 0.2) is 48.5 Å². The standard InChI is InChI=1S/C16H13F3O2/c1-2-21-15(20)12-8-6-11(7-9-12)13-4-3-5-14(10-13)16(17,18)19/h3-10H,2H2,1H3. The predicted molar refractivity (Wildman–Crippen MR) is 72.8 cm³/mol. The van der Waals surface area contributed by atoms with Gasteiger partial charge in [0.2, 0.25) is 0 Å². The van der Waals surface area contributed by atoms with Crippen molar-refractivity contribution in [3.8, 4) is 11.1 Å². The molecule has 2 nitrogen and oxygen atoms in total. The van der Waals surface area contributed by atoms with Gasteiger partial charge in [0.25, 0.3) is 0 Å². The molecule has 110 valence electrons. The van der Waals surface area contributed by atoms with Gasteiger partial charge in [0.05, 0.1) is 17.7 Å². The molecule has 0 spiro atoms. The lowest BCUT2D eigenvalue weighted by molar-refractivity contribution is -0.137. The Morgan fingerprint density at radius 1 is 1.05 bits per heavy atom. The van der Waals surface area contributed by atoms with Gasteiger partial charge in [-0.15, -0.1) is 0 Å². The molecule has 0 saturated heterocycles. The summed E-state index contributed by atoms with van der Waals surface area (Å²) in [4.78, 5) is 11.5. The van der Waals surface area contributed by atoms with Crippen LogP contribution in [0.5, 0.6) is 0 Å². The first-order chi connectivity index (χ1) is 9.91. The van der Waals surface area contributed by atoms with Gasteiger partial charge >= 0.3 is 12.1 Å². The molecule has 0 amide bonds. The number of hydrogen-bond acceptors (Lipinski definition) is 2. The van der Waals surface area contributed by atoms with E-state index in [0.29, 0.717) is 16.7 Å². The van der Waals surface area contributed by atoms with Gasteiger partial charge in [-0.2, -0.15) is 13.2 Å². The molecule has 21 heavy (non-hydrogen) atoms. The number of rotatable bonds is 3. The second-order valence-corrected chi connectivity index (χ2v) is 4.38. The second kappa shape index (κ2) is 5.99. The molecule has 0 aliphatic rings. The highest BCUT2D eigenvalue weighted by Gasteiger charge is 2.30. The van der Waals surface area contributed by atoms with E-state index >= 15 is 0 Å². The molecule has 0 fully saturated rings. The Kier molecular flexibility index (Phi) is 4.31. The maximum atomic E-state index is 12.7. The van der Waals surface area contributed by atoms with E-state index in [1.54, 1.807) is 25.1 Å². The first-order valence-corrected chi connectivity index (χ1v) is 6.36. The van der Waals surface area contributed by atoms with Crippen LogP contribution in [0.1, 0.15) is 22.8 Å². The van der Waals surface area contributed by atoms with Crippen molar-refractivity contribution in [2.45, 2.75) is 13.1 Å². The number of alkyl halides is 3. The van der Waals surface area contributed by atoms with Gasteiger partial charge < -0.3 is 4.74 Å². The molecule has 0 aromatic heterocycles. The lowest BCUT2D eigenvalue weighted by Crippen LogP contribution is -2.05. The highest BCUT2D eigenvalue weighted by molar-refractivity contribution is 5.90. The van der Waals surface area contributed by atoms with Crippen LogP contribution in [0, 0.1) is 0 Å². The molecule has 2 aromatic rings. The van der Waals surface area contributed by atoms with Gasteiger partial charge in [0.1, 0.15) is 0 Å². The molecule has 2 aromatic carbocycles. The number of carbonyl (C=O) groups excluding carboxylic acids is 1. The van der Waals surface area contributed by atoms with E-state index in [-0.39, 0.29) is 6.61 Å². The number of halogens is 3. The Hall–Kier alpha value is -2.30. The second-order valence-electron chi connectivity index (χ2n) is 4.38. The zero-order chi connectivity index (χ0) is 15.5. The van der Waals surface area contributed by atoms with E-state index in [0.717, 1.165) is 12.1 Å². The van der Waals surface area contributed by atoms with E-state index in [4.69, 9.17) is 4.74 Å². The number of hydrogen-bond donors (Lipinski definition) is 0. The molecular formula is C16H13F3O2. The Labute approximate surface area is 120 Å². The van der Waals surface area contributed by atoms with Gasteiger partial charge in [-0.3, -0.25) is 0 Å². The van der Waals surface area contributed by atoms with Crippen molar-refractivity contribution in [3.63, 3.8) is 0 Å². The third-order valence-corrected chi connectivity index (χ3v) is 2.92. The van der Waals surface area contributed by atoms with Crippen LogP contribution in [0.2, 0.25) is 0 Å². The van der Waals surface area contributed by atoms with E-state index in [2.05, 4.69) is 0 Å². The maximum absolute atomic E-state index is 12.7. The zero-order valence-corrected chi connectivity index (χ0v) is 11.3. The first kappa shape index (κ1) is 15.1. The number of ether oxygens (including phenoxy) is 1. The molecule has 0 aliphatic heterocycles. The number of benzene rings is 2. The van der Waals surface area contributed by atoms with Crippen molar-refractivity contribution >= 4 is 5.97 Å². The molecule has 0 bridgehead atoms. The quantitative estimate of drug-likeness (QED) is 0.776. The zero-order valence-electron chi connectivity index (χ0n) is 11.3. The van der Waals surface area contributed by atoms with Crippen LogP contribution in [0.4, 0.5) is 13.2 Å². The molecule has 0 heterocycles. The summed E-state index contributed by atoms with van der Waals surface area (Å²) in [5.41, 5.74) is 0.719. The number of esters is 1. The molecule has 0 saturated carbocycles. The topological polar surface area (TPSA) is 26.3 Å². The summed E-state index contributed by atoms with van der Waals surface area (Å²) in [7, 11) is 0. The number of carbonyl (C=O) groups is 1. The van der Waals surface area contributed by atoms with Crippen molar-refractivity contribution in [1.29, 1.82) is 0 Å². The molecule has 0 radical (unpaired) electrons. The summed E-state index contributed by atoms with van der Waals surface area (Å²) < 4.78 is 42.9. The van der Waals surface area contributed by atoms with E-state index < -0.39 is 17.7 Å². The van der Waals surface area contributed by atoms with E-state index in [1.165, 1.54) is 18.2 Å². The van der Waals surface area contributed by atoms with Crippen molar-refractivity contribution in [2.24, 2.45) is 0 Å². The van der Waals surface area contributed by atoms with Crippen LogP contribution in [0.3, 0.4) is 0 Å². The highest BCUT2D eigenvalue weighted by Crippen LogP contribution is 2.32. The van der Waals surface area contributed by atoms with E-state index in [9.17, 15) is 18.0 Å². The van der Waals surface area contributed by atoms with Gasteiger partial charge in [-0.05, 0) is 42.3 Å². The van der Waals surface area contributed by atoms with Gasteiger partial charge in [-0.25, -0.2) is 4.79 Å². The highest BCUT2D eigenvalue weighted by atomic mass is 19.4. The SMILES string of the molecule is CCOC(=O)c1ccc(-c2cccc(C(F)(F)F)c2)cc1. The summed E-state index contributed by atoms with van der Waals surface area (Å²) in [5.74, 6) is -0.451. The summed E-state index contributed by atoms with van der Waals surface area (Å²) >= 11 is 0. The molecule has 0 atom stereocenters. The minimum Gasteiger partial charge on any atom is -0.462 e. The molecule has 0 aliphatic carbocycles. The summed E-state index contributed by atoms with van der Waals surface area (Å²) in [6.07, 6.45) is -4.37. The van der Waals surface area contributed by atoms with Crippen molar-refractivity contribution in [1.82, 2.24) is 0 Å². The summed E-state index contributed by atoms with van der Waals surface area (Å²) in [6.45, 7) is 1.98. The van der Waals surface area contributed by atoms with Crippen LogP contribution in [0.25, 0.3) is 11.1 Å². The van der Waals surface area contributed by atoms with Crippen molar-refractivity contribution in [3.05, 3.63) is 59.7 Å². The smallest absolute Gasteiger partial charge is 0.416 e. The lowest BCUT2D eigenvalue weighted by Gasteiger charge is -2.09. The third-order valence-electron chi connectivity index (χ3n) is 2.92. The fourth-order valence-corrected chi connectivity index (χ4v) is 1.89. The predicted octanol–water partition coefficient (Wildman–Crippen LogP) is 4.55. The van der Waals surface area contributed by atoms with Gasteiger partial charge in [0, 0.05) is 0 Å². The monoisotopic (exact) mass is 294 g/mol. The van der Waals surface area contributed by atoms with Crippen molar-refractivity contribution < 1.29 is 22.7 Å². The summed E-state index contributed by atoms with van der Waals surface area (Å²) in [5, 5.41) is 0. The van der Waals surface area contributed by atoms with Crippen molar-refractivity contribution in [2.75, 3.05) is 6.61 Å². The van der Waals surface area contributed by atoms with Gasteiger partial charge in [0.15, 0.2) is 0 Å². The normalized spacial score (nSPS) is 11.2. The third kappa shape index (κ3) is 3.62. The average Bonchev–Trinajstić information content (AvgIpc) is 2.47. The lowest BCUT2D eigenvalue weighted by atomic mass is 10.0. The molecular weight excluding hydrogens is 281 g/mol. The Morgan fingerprint density at radius 3 is 2.29 bits per heavy atom. The van der Waals surface area contributed by atoms with Crippen LogP contribution < -0.4 is 0 Å². The van der Waals surface area contributed by atoms with Crippen LogP contribution in [-0.2, 0) is 10.9 Å².